The number of nitrogens with zero attached hydrogens (tertiary/aromatic N) is 3. The number of hydrogen-bond donors (Lipinski definition) is 0. The number of hydrogen-bond acceptors (Lipinski definition) is 3. The van der Waals surface area contributed by atoms with E-state index in [1.165, 1.54) is 32.4 Å². The molecule has 0 N–H and O–H groups in total. The lowest BCUT2D eigenvalue weighted by molar-refractivity contribution is -0.147. The molecule has 2 saturated heterocycles. The molecule has 3 aliphatic rings. The van der Waals surface area contributed by atoms with Gasteiger partial charge in [-0.3, -0.25) is 4.79 Å². The number of rotatable bonds is 2. The highest BCUT2D eigenvalue weighted by Crippen LogP contribution is 2.46. The predicted octanol–water partition coefficient (Wildman–Crippen LogP) is 2.40. The highest BCUT2D eigenvalue weighted by molar-refractivity contribution is 5.86. The number of carbonyl (C=O) groups is 1. The molecule has 116 valence electrons. The van der Waals surface area contributed by atoms with Crippen molar-refractivity contribution in [2.45, 2.75) is 57.9 Å². The first-order chi connectivity index (χ1) is 10.1. The maximum Gasteiger partial charge on any atom is 0.243 e. The highest BCUT2D eigenvalue weighted by Gasteiger charge is 2.51. The molecule has 2 aliphatic heterocycles. The molecule has 4 heteroatoms. The van der Waals surface area contributed by atoms with Crippen molar-refractivity contribution in [3.8, 4) is 6.07 Å². The minimum Gasteiger partial charge on any atom is -0.341 e. The molecule has 1 saturated carbocycles. The van der Waals surface area contributed by atoms with Crippen molar-refractivity contribution < 1.29 is 4.79 Å². The van der Waals surface area contributed by atoms with Crippen molar-refractivity contribution in [3.63, 3.8) is 0 Å². The van der Waals surface area contributed by atoms with Gasteiger partial charge in [0.1, 0.15) is 5.41 Å². The second kappa shape index (κ2) is 5.96. The van der Waals surface area contributed by atoms with Crippen LogP contribution >= 0.6 is 0 Å². The average Bonchev–Trinajstić information content (AvgIpc) is 2.52. The molecule has 4 nitrogen and oxygen atoms in total. The summed E-state index contributed by atoms with van der Waals surface area (Å²) >= 11 is 0. The summed E-state index contributed by atoms with van der Waals surface area (Å²) in [4.78, 5) is 17.2. The summed E-state index contributed by atoms with van der Waals surface area (Å²) < 4.78 is 0. The molecule has 0 atom stereocenters. The topological polar surface area (TPSA) is 47.3 Å². The second-order valence-corrected chi connectivity index (χ2v) is 7.33. The Kier molecular flexibility index (Phi) is 4.21. The zero-order chi connectivity index (χ0) is 14.9. The Hall–Kier alpha value is -1.08. The first-order valence-corrected chi connectivity index (χ1v) is 8.59. The van der Waals surface area contributed by atoms with Crippen molar-refractivity contribution in [2.24, 2.45) is 11.3 Å². The van der Waals surface area contributed by atoms with Crippen LogP contribution in [0.15, 0.2) is 0 Å². The molecule has 0 unspecified atom stereocenters. The Morgan fingerprint density at radius 1 is 1.10 bits per heavy atom. The molecular formula is C17H27N3O. The molecule has 0 bridgehead atoms. The quantitative estimate of drug-likeness (QED) is 0.784. The average molecular weight is 289 g/mol. The smallest absolute Gasteiger partial charge is 0.243 e. The second-order valence-electron chi connectivity index (χ2n) is 7.33. The zero-order valence-electron chi connectivity index (χ0n) is 13.2. The largest absolute Gasteiger partial charge is 0.341 e. The first kappa shape index (κ1) is 14.8. The summed E-state index contributed by atoms with van der Waals surface area (Å²) in [5.41, 5.74) is -0.683. The van der Waals surface area contributed by atoms with Gasteiger partial charge in [0, 0.05) is 19.1 Å². The van der Waals surface area contributed by atoms with Gasteiger partial charge in [-0.15, -0.1) is 0 Å². The molecular weight excluding hydrogens is 262 g/mol. The summed E-state index contributed by atoms with van der Waals surface area (Å²) in [6, 6.07) is 2.98. The number of amides is 1. The fraction of sp³-hybridized carbons (Fsp3) is 0.882. The number of nitriles is 1. The molecule has 0 spiro atoms. The summed E-state index contributed by atoms with van der Waals surface area (Å²) in [6.45, 7) is 6.29. The maximum absolute atomic E-state index is 12.7. The normalized spacial score (nSPS) is 35.0. The minimum absolute atomic E-state index is 0.111. The lowest BCUT2D eigenvalue weighted by atomic mass is 9.62. The SMILES string of the molecule is CC1CC(C#N)(C(=O)N2CCC(N3CCCCC3)CC2)C1. The van der Waals surface area contributed by atoms with Gasteiger partial charge in [-0.1, -0.05) is 13.3 Å². The van der Waals surface area contributed by atoms with Gasteiger partial charge in [-0.05, 0) is 57.5 Å². The third-order valence-corrected chi connectivity index (χ3v) is 5.68. The standard InChI is InChI=1S/C17H27N3O/c1-14-11-17(12-14,13-18)16(21)20-9-5-15(6-10-20)19-7-3-2-4-8-19/h14-15H,2-12H2,1H3. The van der Waals surface area contributed by atoms with E-state index in [1.54, 1.807) is 0 Å². The van der Waals surface area contributed by atoms with Gasteiger partial charge in [0.25, 0.3) is 0 Å². The Balaban J connectivity index is 1.53. The molecule has 3 rings (SSSR count). The first-order valence-electron chi connectivity index (χ1n) is 8.59. The molecule has 1 amide bonds. The van der Waals surface area contributed by atoms with Crippen LogP contribution < -0.4 is 0 Å². The van der Waals surface area contributed by atoms with Crippen molar-refractivity contribution >= 4 is 5.91 Å². The van der Waals surface area contributed by atoms with Gasteiger partial charge in [-0.25, -0.2) is 0 Å². The van der Waals surface area contributed by atoms with Crippen LogP contribution in [0.3, 0.4) is 0 Å². The predicted molar refractivity (Wildman–Crippen MR) is 81.5 cm³/mol. The van der Waals surface area contributed by atoms with E-state index in [-0.39, 0.29) is 5.91 Å². The summed E-state index contributed by atoms with van der Waals surface area (Å²) in [5.74, 6) is 0.639. The van der Waals surface area contributed by atoms with Gasteiger partial charge in [0.2, 0.25) is 5.91 Å². The molecule has 1 aliphatic carbocycles. The molecule has 0 aromatic heterocycles. The van der Waals surface area contributed by atoms with Crippen LogP contribution in [-0.2, 0) is 4.79 Å². The van der Waals surface area contributed by atoms with Crippen LogP contribution in [-0.4, -0.2) is 47.9 Å². The lowest BCUT2D eigenvalue weighted by Crippen LogP contribution is -2.54. The van der Waals surface area contributed by atoms with Gasteiger partial charge >= 0.3 is 0 Å². The minimum atomic E-state index is -0.683. The van der Waals surface area contributed by atoms with E-state index in [4.69, 9.17) is 0 Å². The van der Waals surface area contributed by atoms with Gasteiger partial charge < -0.3 is 9.80 Å². The molecule has 2 heterocycles. The fourth-order valence-electron chi connectivity index (χ4n) is 4.46. The maximum atomic E-state index is 12.7. The monoisotopic (exact) mass is 289 g/mol. The zero-order valence-corrected chi connectivity index (χ0v) is 13.2. The van der Waals surface area contributed by atoms with Crippen LogP contribution in [0.1, 0.15) is 51.9 Å². The Labute approximate surface area is 128 Å². The van der Waals surface area contributed by atoms with E-state index < -0.39 is 5.41 Å². The molecule has 0 aromatic rings. The van der Waals surface area contributed by atoms with Crippen LogP contribution in [0.4, 0.5) is 0 Å². The Bertz CT molecular complexity index is 422. The Morgan fingerprint density at radius 2 is 1.71 bits per heavy atom. The van der Waals surface area contributed by atoms with Crippen LogP contribution in [0.2, 0.25) is 0 Å². The van der Waals surface area contributed by atoms with E-state index in [9.17, 15) is 10.1 Å². The highest BCUT2D eigenvalue weighted by atomic mass is 16.2. The number of likely N-dealkylation sites (tertiary alicyclic amines) is 2. The van der Waals surface area contributed by atoms with Gasteiger partial charge in [-0.2, -0.15) is 5.26 Å². The third-order valence-electron chi connectivity index (χ3n) is 5.68. The van der Waals surface area contributed by atoms with Crippen LogP contribution in [0, 0.1) is 22.7 Å². The lowest BCUT2D eigenvalue weighted by Gasteiger charge is -2.45. The summed E-state index contributed by atoms with van der Waals surface area (Å²) in [7, 11) is 0. The van der Waals surface area contributed by atoms with E-state index in [1.807, 2.05) is 4.90 Å². The molecule has 0 radical (unpaired) electrons. The van der Waals surface area contributed by atoms with E-state index in [2.05, 4.69) is 17.9 Å². The van der Waals surface area contributed by atoms with Crippen molar-refractivity contribution in [3.05, 3.63) is 0 Å². The summed E-state index contributed by atoms with van der Waals surface area (Å²) in [5, 5.41) is 9.41. The number of piperidine rings is 2. The Morgan fingerprint density at radius 3 is 2.24 bits per heavy atom. The van der Waals surface area contributed by atoms with E-state index >= 15 is 0 Å². The molecule has 3 fully saturated rings. The third kappa shape index (κ3) is 2.81. The molecule has 21 heavy (non-hydrogen) atoms. The van der Waals surface area contributed by atoms with Gasteiger partial charge in [0.05, 0.1) is 6.07 Å². The van der Waals surface area contributed by atoms with Crippen LogP contribution in [0.5, 0.6) is 0 Å². The van der Waals surface area contributed by atoms with Gasteiger partial charge in [0.15, 0.2) is 0 Å². The van der Waals surface area contributed by atoms with E-state index in [0.29, 0.717) is 12.0 Å². The van der Waals surface area contributed by atoms with E-state index in [0.717, 1.165) is 38.8 Å². The van der Waals surface area contributed by atoms with Crippen molar-refractivity contribution in [2.75, 3.05) is 26.2 Å². The van der Waals surface area contributed by atoms with Crippen molar-refractivity contribution in [1.82, 2.24) is 9.80 Å². The summed E-state index contributed by atoms with van der Waals surface area (Å²) in [6.07, 6.45) is 7.72. The van der Waals surface area contributed by atoms with Crippen molar-refractivity contribution in [1.29, 1.82) is 5.26 Å². The molecule has 0 aromatic carbocycles. The number of carbonyl (C=O) groups excluding carboxylic acids is 1. The fourth-order valence-corrected chi connectivity index (χ4v) is 4.46. The van der Waals surface area contributed by atoms with Crippen LogP contribution in [0.25, 0.3) is 0 Å².